The molecule has 2 heterocycles. The van der Waals surface area contributed by atoms with Gasteiger partial charge in [0.15, 0.2) is 11.5 Å². The molecule has 7 nitrogen and oxygen atoms in total. The van der Waals surface area contributed by atoms with Crippen molar-refractivity contribution in [3.63, 3.8) is 0 Å². The predicted molar refractivity (Wildman–Crippen MR) is 133 cm³/mol. The Morgan fingerprint density at radius 2 is 1.74 bits per heavy atom. The molecule has 3 aromatic carbocycles. The largest absolute Gasteiger partial charge is 0.493 e. The topological polar surface area (TPSA) is 84.9 Å². The second-order valence-corrected chi connectivity index (χ2v) is 10.9. The molecule has 1 spiro atoms. The Kier molecular flexibility index (Phi) is 5.81. The molecule has 182 valence electrons. The fourth-order valence-electron chi connectivity index (χ4n) is 5.50. The average molecular weight is 493 g/mol. The molecule has 3 aromatic rings. The summed E-state index contributed by atoms with van der Waals surface area (Å²) in [6.45, 7) is 2.15. The number of amides is 1. The quantitative estimate of drug-likeness (QED) is 0.564. The van der Waals surface area contributed by atoms with Crippen molar-refractivity contribution in [1.29, 1.82) is 0 Å². The van der Waals surface area contributed by atoms with Crippen LogP contribution in [0.25, 0.3) is 0 Å². The second kappa shape index (κ2) is 8.70. The van der Waals surface area contributed by atoms with E-state index < -0.39 is 21.5 Å². The van der Waals surface area contributed by atoms with Gasteiger partial charge in [-0.25, -0.2) is 8.42 Å². The molecule has 0 unspecified atom stereocenters. The highest BCUT2D eigenvalue weighted by atomic mass is 32.2. The molecule has 2 aliphatic heterocycles. The summed E-state index contributed by atoms with van der Waals surface area (Å²) in [5.41, 5.74) is 2.30. The van der Waals surface area contributed by atoms with Gasteiger partial charge in [-0.05, 0) is 55.2 Å². The molecule has 0 saturated carbocycles. The summed E-state index contributed by atoms with van der Waals surface area (Å²) in [6, 6.07) is 19.3. The predicted octanol–water partition coefficient (Wildman–Crippen LogP) is 3.91. The lowest BCUT2D eigenvalue weighted by Gasteiger charge is -2.34. The van der Waals surface area contributed by atoms with Crippen LogP contribution in [-0.2, 0) is 26.7 Å². The van der Waals surface area contributed by atoms with Crippen LogP contribution in [-0.4, -0.2) is 45.4 Å². The van der Waals surface area contributed by atoms with Gasteiger partial charge in [-0.3, -0.25) is 4.79 Å². The minimum Gasteiger partial charge on any atom is -0.493 e. The van der Waals surface area contributed by atoms with Crippen LogP contribution in [0.15, 0.2) is 71.6 Å². The van der Waals surface area contributed by atoms with Crippen LogP contribution in [0.5, 0.6) is 11.5 Å². The Morgan fingerprint density at radius 3 is 2.46 bits per heavy atom. The Bertz CT molecular complexity index is 1390. The Labute approximate surface area is 205 Å². The van der Waals surface area contributed by atoms with E-state index in [1.54, 1.807) is 44.6 Å². The fourth-order valence-corrected chi connectivity index (χ4v) is 7.18. The number of para-hydroxylation sites is 2. The highest BCUT2D eigenvalue weighted by Crippen LogP contribution is 2.51. The third kappa shape index (κ3) is 3.59. The molecular formula is C27H28N2O5S. The smallest absolute Gasteiger partial charge is 0.243 e. The van der Waals surface area contributed by atoms with Gasteiger partial charge in [0.05, 0.1) is 24.5 Å². The average Bonchev–Trinajstić information content (AvgIpc) is 3.38. The van der Waals surface area contributed by atoms with E-state index in [0.29, 0.717) is 17.9 Å². The van der Waals surface area contributed by atoms with Gasteiger partial charge in [0.2, 0.25) is 15.9 Å². The number of rotatable bonds is 6. The van der Waals surface area contributed by atoms with Crippen molar-refractivity contribution in [2.45, 2.75) is 36.1 Å². The molecule has 35 heavy (non-hydrogen) atoms. The van der Waals surface area contributed by atoms with E-state index >= 15 is 0 Å². The van der Waals surface area contributed by atoms with Gasteiger partial charge in [-0.2, -0.15) is 4.31 Å². The van der Waals surface area contributed by atoms with Gasteiger partial charge in [-0.1, -0.05) is 48.0 Å². The number of hydrogen-bond donors (Lipinski definition) is 1. The summed E-state index contributed by atoms with van der Waals surface area (Å²) < 4.78 is 40.5. The number of benzene rings is 3. The van der Waals surface area contributed by atoms with E-state index in [9.17, 15) is 13.2 Å². The van der Waals surface area contributed by atoms with E-state index in [1.165, 1.54) is 4.31 Å². The zero-order valence-electron chi connectivity index (χ0n) is 19.9. The lowest BCUT2D eigenvalue weighted by atomic mass is 9.73. The van der Waals surface area contributed by atoms with Crippen LogP contribution in [0.1, 0.15) is 23.1 Å². The number of nitrogens with zero attached hydrogens (tertiary/aromatic N) is 1. The number of anilines is 1. The number of nitrogens with one attached hydrogen (secondary N) is 1. The molecule has 1 fully saturated rings. The van der Waals surface area contributed by atoms with Crippen molar-refractivity contribution in [3.05, 3.63) is 83.4 Å². The Hall–Kier alpha value is -3.36. The first-order valence-electron chi connectivity index (χ1n) is 11.5. The molecule has 2 atom stereocenters. The van der Waals surface area contributed by atoms with E-state index in [4.69, 9.17) is 9.47 Å². The molecular weight excluding hydrogens is 464 g/mol. The lowest BCUT2D eigenvalue weighted by Crippen LogP contribution is -2.50. The van der Waals surface area contributed by atoms with Crippen molar-refractivity contribution in [1.82, 2.24) is 4.31 Å². The number of carbonyl (C=O) groups excluding carboxylic acids is 1. The first-order valence-corrected chi connectivity index (χ1v) is 13.0. The third-order valence-corrected chi connectivity index (χ3v) is 9.15. The standard InChI is InChI=1S/C27H28N2O5S/c1-18-11-13-20(14-12-18)35(31,32)29-16-15-27(21-8-4-5-9-22(21)28-26(27)30)24(29)17-19-7-6-10-23(33-2)25(19)34-3/h4-14,24H,15-17H2,1-3H3,(H,28,30)/t24-,27-/m0/s1. The molecule has 0 aromatic heterocycles. The maximum atomic E-state index is 13.9. The molecule has 0 radical (unpaired) electrons. The van der Waals surface area contributed by atoms with Crippen LogP contribution < -0.4 is 14.8 Å². The number of sulfonamides is 1. The molecule has 5 rings (SSSR count). The van der Waals surface area contributed by atoms with Crippen molar-refractivity contribution in [2.24, 2.45) is 0 Å². The van der Waals surface area contributed by atoms with Gasteiger partial charge < -0.3 is 14.8 Å². The fraction of sp³-hybridized carbons (Fsp3) is 0.296. The number of methoxy groups -OCH3 is 2. The number of fused-ring (bicyclic) bond motifs is 2. The summed E-state index contributed by atoms with van der Waals surface area (Å²) in [6.07, 6.45) is 0.672. The number of aryl methyl sites for hydroxylation is 1. The van der Waals surface area contributed by atoms with Gasteiger partial charge in [-0.15, -0.1) is 0 Å². The minimum atomic E-state index is -3.87. The molecule has 0 aliphatic carbocycles. The Morgan fingerprint density at radius 1 is 1.00 bits per heavy atom. The van der Waals surface area contributed by atoms with Crippen LogP contribution >= 0.6 is 0 Å². The van der Waals surface area contributed by atoms with E-state index in [0.717, 1.165) is 22.4 Å². The highest BCUT2D eigenvalue weighted by Gasteiger charge is 2.60. The summed E-state index contributed by atoms with van der Waals surface area (Å²) in [7, 11) is -0.745. The first-order chi connectivity index (χ1) is 16.8. The maximum Gasteiger partial charge on any atom is 0.243 e. The molecule has 8 heteroatoms. The Balaban J connectivity index is 1.67. The minimum absolute atomic E-state index is 0.174. The van der Waals surface area contributed by atoms with Crippen molar-refractivity contribution in [3.8, 4) is 11.5 Å². The van der Waals surface area contributed by atoms with Crippen molar-refractivity contribution in [2.75, 3.05) is 26.1 Å². The van der Waals surface area contributed by atoms with Gasteiger partial charge in [0, 0.05) is 18.3 Å². The number of hydrogen-bond acceptors (Lipinski definition) is 5. The van der Waals surface area contributed by atoms with E-state index in [1.807, 2.05) is 43.3 Å². The zero-order chi connectivity index (χ0) is 24.8. The van der Waals surface area contributed by atoms with E-state index in [-0.39, 0.29) is 23.8 Å². The third-order valence-electron chi connectivity index (χ3n) is 7.23. The van der Waals surface area contributed by atoms with Gasteiger partial charge >= 0.3 is 0 Å². The van der Waals surface area contributed by atoms with Crippen molar-refractivity contribution < 1.29 is 22.7 Å². The highest BCUT2D eigenvalue weighted by molar-refractivity contribution is 7.89. The lowest BCUT2D eigenvalue weighted by molar-refractivity contribution is -0.121. The molecule has 2 aliphatic rings. The van der Waals surface area contributed by atoms with Crippen LogP contribution in [0, 0.1) is 6.92 Å². The van der Waals surface area contributed by atoms with Crippen LogP contribution in [0.4, 0.5) is 5.69 Å². The van der Waals surface area contributed by atoms with Gasteiger partial charge in [0.1, 0.15) is 0 Å². The molecule has 1 N–H and O–H groups in total. The number of ether oxygens (including phenoxy) is 2. The molecule has 0 bridgehead atoms. The summed E-state index contributed by atoms with van der Waals surface area (Å²) in [5, 5.41) is 3.00. The van der Waals surface area contributed by atoms with Crippen molar-refractivity contribution >= 4 is 21.6 Å². The SMILES string of the molecule is COc1cccc(C[C@@H]2N(S(=O)(=O)c3ccc(C)cc3)CC[C@@]23C(=O)Nc2ccccc23)c1OC. The van der Waals surface area contributed by atoms with E-state index in [2.05, 4.69) is 5.32 Å². The monoisotopic (exact) mass is 492 g/mol. The normalized spacial score (nSPS) is 21.7. The summed E-state index contributed by atoms with van der Waals surface area (Å²) in [5.74, 6) is 0.921. The summed E-state index contributed by atoms with van der Waals surface area (Å²) >= 11 is 0. The maximum absolute atomic E-state index is 13.9. The number of carbonyl (C=O) groups is 1. The second-order valence-electron chi connectivity index (χ2n) is 9.02. The van der Waals surface area contributed by atoms with Crippen LogP contribution in [0.3, 0.4) is 0 Å². The van der Waals surface area contributed by atoms with Crippen LogP contribution in [0.2, 0.25) is 0 Å². The zero-order valence-corrected chi connectivity index (χ0v) is 20.8. The molecule has 1 amide bonds. The summed E-state index contributed by atoms with van der Waals surface area (Å²) in [4.78, 5) is 13.8. The van der Waals surface area contributed by atoms with Gasteiger partial charge in [0.25, 0.3) is 0 Å². The molecule has 1 saturated heterocycles. The first kappa shape index (κ1) is 23.4.